The number of allylic oxidation sites excluding steroid dienone is 8. The fourth-order valence-electron chi connectivity index (χ4n) is 2.66. The molecule has 0 bridgehead atoms. The van der Waals surface area contributed by atoms with Crippen LogP contribution in [0.3, 0.4) is 0 Å². The van der Waals surface area contributed by atoms with Crippen LogP contribution in [-0.4, -0.2) is 0 Å². The van der Waals surface area contributed by atoms with Crippen molar-refractivity contribution in [2.24, 2.45) is 0 Å². The zero-order valence-corrected chi connectivity index (χ0v) is 9.85. The Balaban J connectivity index is 1.91. The van der Waals surface area contributed by atoms with Crippen LogP contribution in [0, 0.1) is 0 Å². The molecule has 70 valence electrons. The van der Waals surface area contributed by atoms with Gasteiger partial charge in [-0.1, -0.05) is 0 Å². The standard InChI is InChI=1S/C13H14.Ti/c1-2-13(11-7-3-4-8-11)12-9-5-6-10-12;/h3-7,9H,1-2,8,10H2;. The summed E-state index contributed by atoms with van der Waals surface area (Å²) in [7, 11) is 0. The van der Waals surface area contributed by atoms with Crippen LogP contribution in [-0.2, 0) is 19.2 Å². The summed E-state index contributed by atoms with van der Waals surface area (Å²) in [5.41, 5.74) is 3.44. The minimum absolute atomic E-state index is 0.261. The first-order valence-electron chi connectivity index (χ1n) is 5.39. The van der Waals surface area contributed by atoms with E-state index in [0.717, 1.165) is 0 Å². The van der Waals surface area contributed by atoms with Crippen LogP contribution in [0.4, 0.5) is 0 Å². The van der Waals surface area contributed by atoms with Gasteiger partial charge in [0, 0.05) is 0 Å². The van der Waals surface area contributed by atoms with Crippen LogP contribution in [0.15, 0.2) is 47.6 Å². The van der Waals surface area contributed by atoms with Crippen LogP contribution >= 0.6 is 0 Å². The van der Waals surface area contributed by atoms with E-state index in [1.165, 1.54) is 24.0 Å². The fraction of sp³-hybridized carbons (Fsp3) is 0.385. The Labute approximate surface area is 94.4 Å². The third-order valence-electron chi connectivity index (χ3n) is 3.57. The Morgan fingerprint density at radius 2 is 1.57 bits per heavy atom. The van der Waals surface area contributed by atoms with Gasteiger partial charge < -0.3 is 0 Å². The van der Waals surface area contributed by atoms with E-state index in [1.807, 2.05) is 0 Å². The van der Waals surface area contributed by atoms with Crippen molar-refractivity contribution in [3.8, 4) is 0 Å². The van der Waals surface area contributed by atoms with Gasteiger partial charge in [-0.2, -0.15) is 0 Å². The molecule has 1 fully saturated rings. The molecule has 1 heterocycles. The minimum atomic E-state index is 0.261. The van der Waals surface area contributed by atoms with E-state index in [1.54, 1.807) is 11.1 Å². The normalized spacial score (nSPS) is 26.9. The molecule has 3 aliphatic rings. The Morgan fingerprint density at radius 1 is 1.00 bits per heavy atom. The predicted molar refractivity (Wildman–Crippen MR) is 55.8 cm³/mol. The summed E-state index contributed by atoms with van der Waals surface area (Å²) < 4.78 is 2.14. The first kappa shape index (κ1) is 8.94. The van der Waals surface area contributed by atoms with Gasteiger partial charge in [0.1, 0.15) is 0 Å². The van der Waals surface area contributed by atoms with Crippen molar-refractivity contribution in [1.29, 1.82) is 0 Å². The van der Waals surface area contributed by atoms with E-state index in [9.17, 15) is 0 Å². The van der Waals surface area contributed by atoms with Crippen molar-refractivity contribution >= 4 is 0 Å². The van der Waals surface area contributed by atoms with Gasteiger partial charge in [0.15, 0.2) is 0 Å². The molecule has 0 unspecified atom stereocenters. The van der Waals surface area contributed by atoms with E-state index in [2.05, 4.69) is 36.5 Å². The third kappa shape index (κ3) is 1.17. The van der Waals surface area contributed by atoms with E-state index >= 15 is 0 Å². The second-order valence-electron chi connectivity index (χ2n) is 4.23. The number of rotatable bonds is 2. The molecule has 1 saturated heterocycles. The van der Waals surface area contributed by atoms with Crippen LogP contribution in [0.5, 0.6) is 0 Å². The molecule has 0 nitrogen and oxygen atoms in total. The molecule has 0 amide bonds. The Bertz CT molecular complexity index is 333. The Hall–Kier alpha value is -0.326. The van der Waals surface area contributed by atoms with Gasteiger partial charge >= 0.3 is 94.5 Å². The first-order valence-corrected chi connectivity index (χ1v) is 7.28. The van der Waals surface area contributed by atoms with Crippen LogP contribution < -0.4 is 0 Å². The molecule has 14 heavy (non-hydrogen) atoms. The van der Waals surface area contributed by atoms with Crippen molar-refractivity contribution in [1.82, 2.24) is 0 Å². The molecule has 0 N–H and O–H groups in total. The average molecular weight is 218 g/mol. The number of hydrogen-bond acceptors (Lipinski definition) is 0. The first-order chi connectivity index (χ1) is 6.92. The van der Waals surface area contributed by atoms with Gasteiger partial charge in [0.2, 0.25) is 0 Å². The summed E-state index contributed by atoms with van der Waals surface area (Å²) in [6.07, 6.45) is 17.7. The zero-order chi connectivity index (χ0) is 9.43. The van der Waals surface area contributed by atoms with E-state index in [4.69, 9.17) is 0 Å². The van der Waals surface area contributed by atoms with E-state index in [0.29, 0.717) is 3.72 Å². The van der Waals surface area contributed by atoms with E-state index in [-0.39, 0.29) is 19.2 Å². The fourth-order valence-corrected chi connectivity index (χ4v) is 5.12. The Morgan fingerprint density at radius 3 is 1.86 bits per heavy atom. The van der Waals surface area contributed by atoms with Crippen LogP contribution in [0.25, 0.3) is 0 Å². The summed E-state index contributed by atoms with van der Waals surface area (Å²) >= 11 is 0.261. The molecule has 1 heteroatoms. The van der Waals surface area contributed by atoms with Crippen molar-refractivity contribution < 1.29 is 19.2 Å². The van der Waals surface area contributed by atoms with Crippen LogP contribution in [0.1, 0.15) is 19.3 Å². The second-order valence-corrected chi connectivity index (χ2v) is 6.90. The van der Waals surface area contributed by atoms with Gasteiger partial charge in [0.05, 0.1) is 0 Å². The van der Waals surface area contributed by atoms with Gasteiger partial charge in [-0.15, -0.1) is 0 Å². The van der Waals surface area contributed by atoms with Crippen LogP contribution in [0.2, 0.25) is 8.45 Å². The molecule has 0 aromatic carbocycles. The topological polar surface area (TPSA) is 0 Å². The monoisotopic (exact) mass is 218 g/mol. The maximum absolute atomic E-state index is 2.38. The molecule has 0 aromatic rings. The van der Waals surface area contributed by atoms with Crippen molar-refractivity contribution in [3.63, 3.8) is 0 Å². The predicted octanol–water partition coefficient (Wildman–Crippen LogP) is 3.82. The average Bonchev–Trinajstić information content (AvgIpc) is 2.71. The van der Waals surface area contributed by atoms with Gasteiger partial charge in [-0.05, 0) is 0 Å². The maximum atomic E-state index is 2.38. The van der Waals surface area contributed by atoms with Crippen molar-refractivity contribution in [2.45, 2.75) is 27.7 Å². The van der Waals surface area contributed by atoms with Crippen molar-refractivity contribution in [2.75, 3.05) is 0 Å². The SMILES string of the molecule is C1=CCC([C]2(C3=CC=CC3)C[CH2][Ti]2)=C1. The molecule has 0 spiro atoms. The number of hydrogen-bond donors (Lipinski definition) is 0. The quantitative estimate of drug-likeness (QED) is 0.618. The molecular weight excluding hydrogens is 204 g/mol. The van der Waals surface area contributed by atoms with Gasteiger partial charge in [-0.25, -0.2) is 0 Å². The zero-order valence-electron chi connectivity index (χ0n) is 8.29. The van der Waals surface area contributed by atoms with Gasteiger partial charge in [-0.3, -0.25) is 0 Å². The summed E-state index contributed by atoms with van der Waals surface area (Å²) in [6.45, 7) is 0. The third-order valence-corrected chi connectivity index (χ3v) is 6.68. The molecule has 2 aliphatic carbocycles. The molecule has 0 radical (unpaired) electrons. The molecule has 0 saturated carbocycles. The van der Waals surface area contributed by atoms with Crippen molar-refractivity contribution in [3.05, 3.63) is 47.6 Å². The Kier molecular flexibility index (Phi) is 2.15. The molecule has 0 atom stereocenters. The second kappa shape index (κ2) is 3.36. The summed E-state index contributed by atoms with van der Waals surface area (Å²) in [5.74, 6) is 0. The molecule has 3 rings (SSSR count). The molecular formula is C13H14Ti. The molecule has 0 aromatic heterocycles. The summed E-state index contributed by atoms with van der Waals surface area (Å²) in [5, 5.41) is 0. The van der Waals surface area contributed by atoms with E-state index < -0.39 is 0 Å². The summed E-state index contributed by atoms with van der Waals surface area (Å²) in [4.78, 5) is 0. The van der Waals surface area contributed by atoms with Gasteiger partial charge in [0.25, 0.3) is 0 Å². The summed E-state index contributed by atoms with van der Waals surface area (Å²) in [6, 6.07) is 0. The molecule has 1 aliphatic heterocycles.